The van der Waals surface area contributed by atoms with Crippen LogP contribution in [-0.4, -0.2) is 73.2 Å². The Balaban J connectivity index is 1.47. The molecule has 2 saturated heterocycles. The first-order valence-corrected chi connectivity index (χ1v) is 8.54. The number of aryl methyl sites for hydroxylation is 1. The number of rotatable bonds is 2. The van der Waals surface area contributed by atoms with E-state index in [1.54, 1.807) is 0 Å². The number of carbonyl (C=O) groups excluding carboxylic acids is 1. The highest BCUT2D eigenvalue weighted by molar-refractivity contribution is 5.75. The molecule has 1 aromatic heterocycles. The number of hydrogen-bond donors (Lipinski definition) is 1. The molecule has 2 amide bonds. The van der Waals surface area contributed by atoms with Gasteiger partial charge in [0, 0.05) is 37.9 Å². The minimum absolute atomic E-state index is 0.0939. The summed E-state index contributed by atoms with van der Waals surface area (Å²) in [6.07, 6.45) is 2.10. The molecule has 1 aromatic rings. The summed E-state index contributed by atoms with van der Waals surface area (Å²) in [5, 5.41) is 3.20. The Hall–Kier alpha value is -1.82. The maximum atomic E-state index is 12.4. The summed E-state index contributed by atoms with van der Waals surface area (Å²) in [5.41, 5.74) is 1.03. The fraction of sp³-hybridized carbons (Fsp3) is 0.647. The van der Waals surface area contributed by atoms with Crippen LogP contribution in [0.5, 0.6) is 0 Å². The number of anilines is 1. The lowest BCUT2D eigenvalue weighted by Gasteiger charge is -2.37. The minimum Gasteiger partial charge on any atom is -0.353 e. The first kappa shape index (κ1) is 16.1. The van der Waals surface area contributed by atoms with Gasteiger partial charge in [-0.15, -0.1) is 0 Å². The van der Waals surface area contributed by atoms with Gasteiger partial charge in [0.2, 0.25) is 0 Å². The van der Waals surface area contributed by atoms with Crippen LogP contribution < -0.4 is 10.2 Å². The van der Waals surface area contributed by atoms with Crippen molar-refractivity contribution in [3.05, 3.63) is 23.9 Å². The van der Waals surface area contributed by atoms with Crippen molar-refractivity contribution in [3.8, 4) is 0 Å². The molecule has 0 unspecified atom stereocenters. The maximum absolute atomic E-state index is 12.4. The molecule has 3 rings (SSSR count). The number of piperazine rings is 1. The maximum Gasteiger partial charge on any atom is 0.317 e. The van der Waals surface area contributed by atoms with E-state index < -0.39 is 0 Å². The van der Waals surface area contributed by atoms with Gasteiger partial charge in [0.15, 0.2) is 0 Å². The van der Waals surface area contributed by atoms with E-state index in [-0.39, 0.29) is 6.03 Å². The summed E-state index contributed by atoms with van der Waals surface area (Å²) >= 11 is 0. The minimum atomic E-state index is 0.0939. The molecule has 0 saturated carbocycles. The molecule has 1 N–H and O–H groups in total. The van der Waals surface area contributed by atoms with Gasteiger partial charge in [-0.25, -0.2) is 9.78 Å². The molecule has 23 heavy (non-hydrogen) atoms. The van der Waals surface area contributed by atoms with Gasteiger partial charge in [-0.2, -0.15) is 0 Å². The van der Waals surface area contributed by atoms with Crippen molar-refractivity contribution in [1.82, 2.24) is 20.1 Å². The molecule has 0 aromatic carbocycles. The molecule has 2 aliphatic heterocycles. The standard InChI is InChI=1S/C17H27N5O/c1-14-4-3-5-16(18-14)21-10-12-22(13-11-21)17(23)19-15-6-8-20(2)9-7-15/h3-5,15H,6-13H2,1-2H3,(H,19,23). The highest BCUT2D eigenvalue weighted by atomic mass is 16.2. The summed E-state index contributed by atoms with van der Waals surface area (Å²) in [5.74, 6) is 1.01. The smallest absolute Gasteiger partial charge is 0.317 e. The molecule has 0 atom stereocenters. The lowest BCUT2D eigenvalue weighted by molar-refractivity contribution is 0.178. The molecular formula is C17H27N5O. The number of piperidine rings is 1. The zero-order valence-electron chi connectivity index (χ0n) is 14.2. The number of aromatic nitrogens is 1. The number of carbonyl (C=O) groups is 1. The van der Waals surface area contributed by atoms with Crippen LogP contribution in [0.15, 0.2) is 18.2 Å². The van der Waals surface area contributed by atoms with Crippen molar-refractivity contribution in [2.45, 2.75) is 25.8 Å². The Morgan fingerprint density at radius 2 is 1.83 bits per heavy atom. The molecule has 0 spiro atoms. The van der Waals surface area contributed by atoms with E-state index in [1.807, 2.05) is 30.0 Å². The van der Waals surface area contributed by atoms with E-state index in [2.05, 4.69) is 27.1 Å². The van der Waals surface area contributed by atoms with Gasteiger partial charge in [-0.05, 0) is 52.0 Å². The molecule has 6 heteroatoms. The van der Waals surface area contributed by atoms with Gasteiger partial charge in [-0.1, -0.05) is 6.07 Å². The lowest BCUT2D eigenvalue weighted by Crippen LogP contribution is -2.54. The van der Waals surface area contributed by atoms with Gasteiger partial charge in [-0.3, -0.25) is 0 Å². The van der Waals surface area contributed by atoms with Gasteiger partial charge >= 0.3 is 6.03 Å². The van der Waals surface area contributed by atoms with E-state index in [1.165, 1.54) is 0 Å². The van der Waals surface area contributed by atoms with Crippen molar-refractivity contribution < 1.29 is 4.79 Å². The third-order valence-electron chi connectivity index (χ3n) is 4.81. The quantitative estimate of drug-likeness (QED) is 0.894. The third kappa shape index (κ3) is 4.13. The molecule has 0 bridgehead atoms. The van der Waals surface area contributed by atoms with E-state index in [0.717, 1.165) is 63.6 Å². The van der Waals surface area contributed by atoms with E-state index >= 15 is 0 Å². The van der Waals surface area contributed by atoms with Crippen LogP contribution in [-0.2, 0) is 0 Å². The Bertz CT molecular complexity index is 534. The monoisotopic (exact) mass is 317 g/mol. The molecule has 2 fully saturated rings. The van der Waals surface area contributed by atoms with Crippen molar-refractivity contribution in [3.63, 3.8) is 0 Å². The first-order valence-electron chi connectivity index (χ1n) is 8.54. The second-order valence-electron chi connectivity index (χ2n) is 6.64. The zero-order valence-corrected chi connectivity index (χ0v) is 14.2. The topological polar surface area (TPSA) is 51.7 Å². The highest BCUT2D eigenvalue weighted by Gasteiger charge is 2.25. The van der Waals surface area contributed by atoms with Crippen LogP contribution in [0.4, 0.5) is 10.6 Å². The second-order valence-corrected chi connectivity index (χ2v) is 6.64. The number of nitrogens with zero attached hydrogens (tertiary/aromatic N) is 4. The highest BCUT2D eigenvalue weighted by Crippen LogP contribution is 2.15. The van der Waals surface area contributed by atoms with Crippen molar-refractivity contribution in [1.29, 1.82) is 0 Å². The number of likely N-dealkylation sites (tertiary alicyclic amines) is 1. The molecule has 0 radical (unpaired) electrons. The van der Waals surface area contributed by atoms with Crippen molar-refractivity contribution in [2.75, 3.05) is 51.2 Å². The Morgan fingerprint density at radius 1 is 1.13 bits per heavy atom. The molecule has 3 heterocycles. The third-order valence-corrected chi connectivity index (χ3v) is 4.81. The van der Waals surface area contributed by atoms with Crippen LogP contribution in [0.2, 0.25) is 0 Å². The van der Waals surface area contributed by atoms with Gasteiger partial charge in [0.05, 0.1) is 0 Å². The summed E-state index contributed by atoms with van der Waals surface area (Å²) in [6, 6.07) is 6.51. The van der Waals surface area contributed by atoms with Crippen LogP contribution in [0.3, 0.4) is 0 Å². The summed E-state index contributed by atoms with van der Waals surface area (Å²) in [6.45, 7) is 7.35. The number of nitrogens with one attached hydrogen (secondary N) is 1. The molecule has 0 aliphatic carbocycles. The Kier molecular flexibility index (Phi) is 5.00. The molecule has 126 valence electrons. The van der Waals surface area contributed by atoms with Gasteiger partial charge in [0.25, 0.3) is 0 Å². The summed E-state index contributed by atoms with van der Waals surface area (Å²) in [4.78, 5) is 23.5. The van der Waals surface area contributed by atoms with Crippen LogP contribution in [0, 0.1) is 6.92 Å². The molecular weight excluding hydrogens is 290 g/mol. The lowest BCUT2D eigenvalue weighted by atomic mass is 10.1. The average Bonchev–Trinajstić information content (AvgIpc) is 2.57. The predicted molar refractivity (Wildman–Crippen MR) is 91.8 cm³/mol. The van der Waals surface area contributed by atoms with E-state index in [0.29, 0.717) is 6.04 Å². The second kappa shape index (κ2) is 7.17. The first-order chi connectivity index (χ1) is 11.1. The largest absolute Gasteiger partial charge is 0.353 e. The zero-order chi connectivity index (χ0) is 16.2. The summed E-state index contributed by atoms with van der Waals surface area (Å²) in [7, 11) is 2.14. The number of amides is 2. The van der Waals surface area contributed by atoms with Crippen molar-refractivity contribution in [2.24, 2.45) is 0 Å². The van der Waals surface area contributed by atoms with Crippen LogP contribution in [0.1, 0.15) is 18.5 Å². The van der Waals surface area contributed by atoms with E-state index in [4.69, 9.17) is 0 Å². The van der Waals surface area contributed by atoms with Crippen LogP contribution >= 0.6 is 0 Å². The van der Waals surface area contributed by atoms with Crippen LogP contribution in [0.25, 0.3) is 0 Å². The van der Waals surface area contributed by atoms with Crippen molar-refractivity contribution >= 4 is 11.8 Å². The Morgan fingerprint density at radius 3 is 2.48 bits per heavy atom. The average molecular weight is 317 g/mol. The predicted octanol–water partition coefficient (Wildman–Crippen LogP) is 1.32. The fourth-order valence-corrected chi connectivity index (χ4v) is 3.26. The van der Waals surface area contributed by atoms with Gasteiger partial charge < -0.3 is 20.0 Å². The Labute approximate surface area is 138 Å². The number of hydrogen-bond acceptors (Lipinski definition) is 4. The number of pyridine rings is 1. The van der Waals surface area contributed by atoms with Gasteiger partial charge in [0.1, 0.15) is 5.82 Å². The summed E-state index contributed by atoms with van der Waals surface area (Å²) < 4.78 is 0. The SMILES string of the molecule is Cc1cccc(N2CCN(C(=O)NC3CCN(C)CC3)CC2)n1. The van der Waals surface area contributed by atoms with E-state index in [9.17, 15) is 4.79 Å². The molecule has 6 nitrogen and oxygen atoms in total. The fourth-order valence-electron chi connectivity index (χ4n) is 3.26. The molecule has 2 aliphatic rings. The number of urea groups is 1. The normalized spacial score (nSPS) is 20.6.